The smallest absolute Gasteiger partial charge is 0.227 e. The molecule has 1 amide bonds. The number of carbonyl (C=O) groups excluding carboxylic acids is 1. The number of pyridine rings is 1. The minimum Gasteiger partial charge on any atom is -0.491 e. The van der Waals surface area contributed by atoms with Crippen LogP contribution in [0.25, 0.3) is 0 Å². The van der Waals surface area contributed by atoms with Gasteiger partial charge in [-0.1, -0.05) is 23.8 Å². The van der Waals surface area contributed by atoms with Crippen molar-refractivity contribution in [2.24, 2.45) is 0 Å². The highest BCUT2D eigenvalue weighted by Gasteiger charge is 2.24. The third kappa shape index (κ3) is 4.95. The Morgan fingerprint density at radius 2 is 2.08 bits per heavy atom. The second kappa shape index (κ2) is 8.67. The van der Waals surface area contributed by atoms with Gasteiger partial charge in [0.05, 0.1) is 26.7 Å². The highest BCUT2D eigenvalue weighted by molar-refractivity contribution is 5.78. The van der Waals surface area contributed by atoms with E-state index in [1.165, 1.54) is 5.56 Å². The van der Waals surface area contributed by atoms with Gasteiger partial charge < -0.3 is 19.1 Å². The van der Waals surface area contributed by atoms with Gasteiger partial charge in [0.25, 0.3) is 0 Å². The fourth-order valence-electron chi connectivity index (χ4n) is 2.79. The zero-order valence-electron chi connectivity index (χ0n) is 15.2. The molecule has 0 bridgehead atoms. The third-order valence-electron chi connectivity index (χ3n) is 4.31. The molecule has 26 heavy (non-hydrogen) atoms. The molecule has 1 unspecified atom stereocenters. The normalized spacial score (nSPS) is 17.0. The Morgan fingerprint density at radius 1 is 1.27 bits per heavy atom. The van der Waals surface area contributed by atoms with Crippen LogP contribution in [-0.4, -0.2) is 55.3 Å². The average molecular weight is 356 g/mol. The Labute approximate surface area is 153 Å². The SMILES string of the molecule is COc1ccc(CC(=O)N2CCOC(COc3ccc(C)cc3)C2)cn1. The number of rotatable bonds is 6. The van der Waals surface area contributed by atoms with E-state index < -0.39 is 0 Å². The van der Waals surface area contributed by atoms with Crippen molar-refractivity contribution in [3.63, 3.8) is 0 Å². The van der Waals surface area contributed by atoms with Crippen LogP contribution in [-0.2, 0) is 16.0 Å². The molecule has 0 aliphatic carbocycles. The first-order valence-electron chi connectivity index (χ1n) is 8.72. The topological polar surface area (TPSA) is 60.9 Å². The maximum atomic E-state index is 12.5. The largest absolute Gasteiger partial charge is 0.491 e. The first-order valence-corrected chi connectivity index (χ1v) is 8.72. The fraction of sp³-hybridized carbons (Fsp3) is 0.400. The summed E-state index contributed by atoms with van der Waals surface area (Å²) in [6.07, 6.45) is 1.88. The molecule has 1 saturated heterocycles. The molecule has 6 nitrogen and oxygen atoms in total. The van der Waals surface area contributed by atoms with Gasteiger partial charge in [-0.25, -0.2) is 4.98 Å². The first-order chi connectivity index (χ1) is 12.6. The number of benzene rings is 1. The highest BCUT2D eigenvalue weighted by Crippen LogP contribution is 2.15. The van der Waals surface area contributed by atoms with Crippen LogP contribution in [0.15, 0.2) is 42.6 Å². The lowest BCUT2D eigenvalue weighted by molar-refractivity contribution is -0.139. The van der Waals surface area contributed by atoms with E-state index in [1.54, 1.807) is 19.4 Å². The molecule has 0 saturated carbocycles. The summed E-state index contributed by atoms with van der Waals surface area (Å²) >= 11 is 0. The molecule has 0 spiro atoms. The molecule has 2 aromatic rings. The number of carbonyl (C=O) groups is 1. The number of methoxy groups -OCH3 is 1. The number of hydrogen-bond acceptors (Lipinski definition) is 5. The molecule has 1 aromatic heterocycles. The van der Waals surface area contributed by atoms with Crippen LogP contribution in [0.3, 0.4) is 0 Å². The molecule has 1 aromatic carbocycles. The lowest BCUT2D eigenvalue weighted by Crippen LogP contribution is -2.48. The molecule has 2 heterocycles. The lowest BCUT2D eigenvalue weighted by atomic mass is 10.1. The van der Waals surface area contributed by atoms with E-state index in [-0.39, 0.29) is 12.0 Å². The van der Waals surface area contributed by atoms with Crippen LogP contribution in [0.4, 0.5) is 0 Å². The minimum absolute atomic E-state index is 0.0700. The zero-order valence-corrected chi connectivity index (χ0v) is 15.2. The van der Waals surface area contributed by atoms with E-state index >= 15 is 0 Å². The quantitative estimate of drug-likeness (QED) is 0.794. The van der Waals surface area contributed by atoms with E-state index in [0.29, 0.717) is 38.6 Å². The van der Waals surface area contributed by atoms with E-state index in [4.69, 9.17) is 14.2 Å². The number of aromatic nitrogens is 1. The summed E-state index contributed by atoms with van der Waals surface area (Å²) < 4.78 is 16.6. The molecule has 1 aliphatic heterocycles. The van der Waals surface area contributed by atoms with Gasteiger partial charge in [0.15, 0.2) is 0 Å². The number of amides is 1. The van der Waals surface area contributed by atoms with Gasteiger partial charge in [0.2, 0.25) is 11.8 Å². The summed E-state index contributed by atoms with van der Waals surface area (Å²) in [4.78, 5) is 18.5. The van der Waals surface area contributed by atoms with Crippen LogP contribution in [0.1, 0.15) is 11.1 Å². The minimum atomic E-state index is -0.122. The van der Waals surface area contributed by atoms with Crippen LogP contribution in [0.2, 0.25) is 0 Å². The van der Waals surface area contributed by atoms with Gasteiger partial charge in [-0.05, 0) is 24.6 Å². The number of morpholine rings is 1. The third-order valence-corrected chi connectivity index (χ3v) is 4.31. The summed E-state index contributed by atoms with van der Waals surface area (Å²) in [5.41, 5.74) is 2.06. The summed E-state index contributed by atoms with van der Waals surface area (Å²) in [6.45, 7) is 4.12. The fourth-order valence-corrected chi connectivity index (χ4v) is 2.79. The van der Waals surface area contributed by atoms with E-state index in [1.807, 2.05) is 42.2 Å². The van der Waals surface area contributed by atoms with Crippen molar-refractivity contribution in [2.75, 3.05) is 33.4 Å². The molecule has 1 aliphatic rings. The Kier molecular flexibility index (Phi) is 6.07. The Balaban J connectivity index is 1.50. The van der Waals surface area contributed by atoms with Crippen LogP contribution in [0.5, 0.6) is 11.6 Å². The molecule has 138 valence electrons. The first kappa shape index (κ1) is 18.2. The average Bonchev–Trinajstić information content (AvgIpc) is 2.68. The van der Waals surface area contributed by atoms with Crippen molar-refractivity contribution in [1.29, 1.82) is 0 Å². The van der Waals surface area contributed by atoms with Gasteiger partial charge in [-0.15, -0.1) is 0 Å². The van der Waals surface area contributed by atoms with Gasteiger partial charge in [-0.3, -0.25) is 4.79 Å². The predicted octanol–water partition coefficient (Wildman–Crippen LogP) is 2.25. The van der Waals surface area contributed by atoms with Crippen molar-refractivity contribution in [3.8, 4) is 11.6 Å². The van der Waals surface area contributed by atoms with Crippen molar-refractivity contribution in [1.82, 2.24) is 9.88 Å². The van der Waals surface area contributed by atoms with Gasteiger partial charge >= 0.3 is 0 Å². The summed E-state index contributed by atoms with van der Waals surface area (Å²) in [5, 5.41) is 0. The summed E-state index contributed by atoms with van der Waals surface area (Å²) in [6, 6.07) is 11.5. The molecule has 1 fully saturated rings. The molecule has 6 heteroatoms. The van der Waals surface area contributed by atoms with Crippen molar-refractivity contribution in [2.45, 2.75) is 19.4 Å². The molecule has 1 atom stereocenters. The van der Waals surface area contributed by atoms with Crippen LogP contribution in [0, 0.1) is 6.92 Å². The van der Waals surface area contributed by atoms with E-state index in [2.05, 4.69) is 4.98 Å². The van der Waals surface area contributed by atoms with Crippen LogP contribution < -0.4 is 9.47 Å². The molecular weight excluding hydrogens is 332 g/mol. The van der Waals surface area contributed by atoms with Gasteiger partial charge in [0, 0.05) is 18.8 Å². The van der Waals surface area contributed by atoms with E-state index in [0.717, 1.165) is 11.3 Å². The number of ether oxygens (including phenoxy) is 3. The monoisotopic (exact) mass is 356 g/mol. The number of nitrogens with zero attached hydrogens (tertiary/aromatic N) is 2. The number of hydrogen-bond donors (Lipinski definition) is 0. The molecular formula is C20H24N2O4. The Bertz CT molecular complexity index is 716. The van der Waals surface area contributed by atoms with Crippen LogP contribution >= 0.6 is 0 Å². The standard InChI is InChI=1S/C20H24N2O4/c1-15-3-6-17(7-4-15)26-14-18-13-22(9-10-25-18)20(23)11-16-5-8-19(24-2)21-12-16/h3-8,12,18H,9-11,13-14H2,1-2H3. The second-order valence-electron chi connectivity index (χ2n) is 6.34. The molecule has 3 rings (SSSR count). The Hall–Kier alpha value is -2.60. The van der Waals surface area contributed by atoms with Gasteiger partial charge in [0.1, 0.15) is 18.5 Å². The zero-order chi connectivity index (χ0) is 18.4. The number of aryl methyl sites for hydroxylation is 1. The predicted molar refractivity (Wildman–Crippen MR) is 97.5 cm³/mol. The Morgan fingerprint density at radius 3 is 2.77 bits per heavy atom. The second-order valence-corrected chi connectivity index (χ2v) is 6.34. The van der Waals surface area contributed by atoms with Gasteiger partial charge in [-0.2, -0.15) is 0 Å². The summed E-state index contributed by atoms with van der Waals surface area (Å²) in [7, 11) is 1.57. The lowest BCUT2D eigenvalue weighted by Gasteiger charge is -2.33. The highest BCUT2D eigenvalue weighted by atomic mass is 16.5. The maximum Gasteiger partial charge on any atom is 0.227 e. The maximum absolute atomic E-state index is 12.5. The van der Waals surface area contributed by atoms with Crippen molar-refractivity contribution in [3.05, 3.63) is 53.7 Å². The molecule has 0 radical (unpaired) electrons. The van der Waals surface area contributed by atoms with Crippen molar-refractivity contribution >= 4 is 5.91 Å². The van der Waals surface area contributed by atoms with Crippen molar-refractivity contribution < 1.29 is 19.0 Å². The summed E-state index contributed by atoms with van der Waals surface area (Å²) in [5.74, 6) is 1.42. The molecule has 0 N–H and O–H groups in total. The van der Waals surface area contributed by atoms with E-state index in [9.17, 15) is 4.79 Å².